The Hall–Kier alpha value is -2.75. The van der Waals surface area contributed by atoms with Crippen molar-refractivity contribution in [2.24, 2.45) is 0 Å². The number of carboxylic acid groups (broad SMARTS) is 1. The van der Waals surface area contributed by atoms with Gasteiger partial charge in [-0.15, -0.1) is 11.3 Å². The number of aromatic carboxylic acids is 1. The zero-order valence-corrected chi connectivity index (χ0v) is 13.8. The summed E-state index contributed by atoms with van der Waals surface area (Å²) in [7, 11) is 1.28. The first-order valence-corrected chi connectivity index (χ1v) is 7.87. The first kappa shape index (κ1) is 18.6. The topological polar surface area (TPSA) is 97.8 Å². The molecule has 2 rings (SSSR count). The standard InChI is InChI=1S/C15H14F2N2O5S/c1-23-11-6-8(2-3-10(11)24-15(16)17)13(20)18-5-4-12-19-9(7-25-12)14(21)22/h2-3,6-7,15H,4-5H2,1H3,(H,18,20)(H,21,22). The van der Waals surface area contributed by atoms with Crippen molar-refractivity contribution >= 4 is 23.2 Å². The molecule has 0 saturated heterocycles. The van der Waals surface area contributed by atoms with Crippen LogP contribution in [0.15, 0.2) is 23.6 Å². The number of carbonyl (C=O) groups excluding carboxylic acids is 1. The van der Waals surface area contributed by atoms with Crippen molar-refractivity contribution in [2.75, 3.05) is 13.7 Å². The predicted octanol–water partition coefficient (Wildman–Crippen LogP) is 2.42. The van der Waals surface area contributed by atoms with Crippen molar-refractivity contribution in [3.63, 3.8) is 0 Å². The fourth-order valence-electron chi connectivity index (χ4n) is 1.91. The number of alkyl halides is 2. The maximum Gasteiger partial charge on any atom is 0.387 e. The Morgan fingerprint density at radius 3 is 2.72 bits per heavy atom. The molecule has 1 aromatic heterocycles. The van der Waals surface area contributed by atoms with Gasteiger partial charge in [0.2, 0.25) is 0 Å². The largest absolute Gasteiger partial charge is 0.493 e. The van der Waals surface area contributed by atoms with Crippen LogP contribution in [0.3, 0.4) is 0 Å². The predicted molar refractivity (Wildman–Crippen MR) is 84.7 cm³/mol. The van der Waals surface area contributed by atoms with Crippen LogP contribution in [0, 0.1) is 0 Å². The quantitative estimate of drug-likeness (QED) is 0.739. The maximum atomic E-state index is 12.3. The van der Waals surface area contributed by atoms with Gasteiger partial charge in [0.1, 0.15) is 0 Å². The number of aromatic nitrogens is 1. The van der Waals surface area contributed by atoms with Crippen LogP contribution in [0.25, 0.3) is 0 Å². The van der Waals surface area contributed by atoms with Crippen molar-refractivity contribution in [2.45, 2.75) is 13.0 Å². The lowest BCUT2D eigenvalue weighted by Crippen LogP contribution is -2.25. The number of carbonyl (C=O) groups is 2. The highest BCUT2D eigenvalue weighted by molar-refractivity contribution is 7.09. The summed E-state index contributed by atoms with van der Waals surface area (Å²) in [4.78, 5) is 26.7. The number of nitrogens with zero attached hydrogens (tertiary/aromatic N) is 1. The molecule has 2 aromatic rings. The zero-order chi connectivity index (χ0) is 18.4. The lowest BCUT2D eigenvalue weighted by atomic mass is 10.2. The number of methoxy groups -OCH3 is 1. The average molecular weight is 372 g/mol. The van der Waals surface area contributed by atoms with E-state index in [0.717, 1.165) is 0 Å². The fourth-order valence-corrected chi connectivity index (χ4v) is 2.68. The fraction of sp³-hybridized carbons (Fsp3) is 0.267. The summed E-state index contributed by atoms with van der Waals surface area (Å²) in [5.74, 6) is -1.70. The number of ether oxygens (including phenoxy) is 2. The normalized spacial score (nSPS) is 10.6. The Kier molecular flexibility index (Phi) is 6.23. The number of hydrogen-bond acceptors (Lipinski definition) is 6. The Bertz CT molecular complexity index is 766. The molecule has 0 spiro atoms. The first-order chi connectivity index (χ1) is 11.9. The summed E-state index contributed by atoms with van der Waals surface area (Å²) in [6.07, 6.45) is 0.368. The molecule has 25 heavy (non-hydrogen) atoms. The Morgan fingerprint density at radius 1 is 1.36 bits per heavy atom. The van der Waals surface area contributed by atoms with Gasteiger partial charge in [0, 0.05) is 23.9 Å². The molecule has 7 nitrogen and oxygen atoms in total. The minimum absolute atomic E-state index is 0.0129. The van der Waals surface area contributed by atoms with E-state index in [4.69, 9.17) is 9.84 Å². The van der Waals surface area contributed by atoms with E-state index in [9.17, 15) is 18.4 Å². The highest BCUT2D eigenvalue weighted by atomic mass is 32.1. The summed E-state index contributed by atoms with van der Waals surface area (Å²) in [5, 5.41) is 13.4. The molecule has 0 aliphatic carbocycles. The summed E-state index contributed by atoms with van der Waals surface area (Å²) in [5.41, 5.74) is 0.175. The molecule has 134 valence electrons. The van der Waals surface area contributed by atoms with Gasteiger partial charge in [-0.05, 0) is 18.2 Å². The van der Waals surface area contributed by atoms with Crippen molar-refractivity contribution in [1.82, 2.24) is 10.3 Å². The second-order valence-corrected chi connectivity index (χ2v) is 5.62. The third kappa shape index (κ3) is 5.11. The minimum Gasteiger partial charge on any atom is -0.493 e. The van der Waals surface area contributed by atoms with E-state index in [1.54, 1.807) is 0 Å². The highest BCUT2D eigenvalue weighted by Gasteiger charge is 2.14. The number of thiazole rings is 1. The van der Waals surface area contributed by atoms with E-state index >= 15 is 0 Å². The Balaban J connectivity index is 1.94. The van der Waals surface area contributed by atoms with Gasteiger partial charge in [-0.1, -0.05) is 0 Å². The molecule has 1 amide bonds. The van der Waals surface area contributed by atoms with Crippen LogP contribution in [-0.2, 0) is 6.42 Å². The van der Waals surface area contributed by atoms with Crippen LogP contribution < -0.4 is 14.8 Å². The van der Waals surface area contributed by atoms with Gasteiger partial charge in [0.05, 0.1) is 12.1 Å². The van der Waals surface area contributed by atoms with E-state index in [0.29, 0.717) is 11.4 Å². The van der Waals surface area contributed by atoms with Crippen LogP contribution in [0.1, 0.15) is 25.9 Å². The van der Waals surface area contributed by atoms with Gasteiger partial charge in [0.15, 0.2) is 17.2 Å². The van der Waals surface area contributed by atoms with Gasteiger partial charge < -0.3 is 19.9 Å². The van der Waals surface area contributed by atoms with Crippen molar-refractivity contribution in [3.8, 4) is 11.5 Å². The molecule has 0 radical (unpaired) electrons. The number of carboxylic acids is 1. The number of benzene rings is 1. The van der Waals surface area contributed by atoms with E-state index in [-0.39, 0.29) is 29.3 Å². The third-order valence-corrected chi connectivity index (χ3v) is 3.95. The second-order valence-electron chi connectivity index (χ2n) is 4.68. The smallest absolute Gasteiger partial charge is 0.387 e. The number of hydrogen-bond donors (Lipinski definition) is 2. The summed E-state index contributed by atoms with van der Waals surface area (Å²) < 4.78 is 33.8. The molecule has 1 aromatic carbocycles. The van der Waals surface area contributed by atoms with Gasteiger partial charge in [0.25, 0.3) is 5.91 Å². The van der Waals surface area contributed by atoms with Crippen LogP contribution in [0.2, 0.25) is 0 Å². The Morgan fingerprint density at radius 2 is 2.12 bits per heavy atom. The molecule has 0 unspecified atom stereocenters. The average Bonchev–Trinajstić information content (AvgIpc) is 3.03. The van der Waals surface area contributed by atoms with Crippen LogP contribution in [0.4, 0.5) is 8.78 Å². The zero-order valence-electron chi connectivity index (χ0n) is 13.0. The molecule has 0 fully saturated rings. The van der Waals surface area contributed by atoms with E-state index in [1.807, 2.05) is 0 Å². The molecule has 0 aliphatic heterocycles. The molecule has 10 heteroatoms. The molecule has 2 N–H and O–H groups in total. The van der Waals surface area contributed by atoms with Gasteiger partial charge in [-0.3, -0.25) is 4.79 Å². The van der Waals surface area contributed by atoms with Crippen LogP contribution >= 0.6 is 11.3 Å². The number of amides is 1. The molecule has 1 heterocycles. The number of nitrogens with one attached hydrogen (secondary N) is 1. The molecule has 0 atom stereocenters. The number of rotatable bonds is 8. The minimum atomic E-state index is -3.00. The number of halogens is 2. The van der Waals surface area contributed by atoms with Crippen LogP contribution in [-0.4, -0.2) is 42.2 Å². The maximum absolute atomic E-state index is 12.3. The van der Waals surface area contributed by atoms with E-state index < -0.39 is 18.5 Å². The second kappa shape index (κ2) is 8.38. The van der Waals surface area contributed by atoms with Crippen molar-refractivity contribution < 1.29 is 33.0 Å². The van der Waals surface area contributed by atoms with Gasteiger partial charge in [-0.2, -0.15) is 8.78 Å². The van der Waals surface area contributed by atoms with Gasteiger partial charge in [-0.25, -0.2) is 9.78 Å². The van der Waals surface area contributed by atoms with Gasteiger partial charge >= 0.3 is 12.6 Å². The van der Waals surface area contributed by atoms with Crippen LogP contribution in [0.5, 0.6) is 11.5 Å². The lowest BCUT2D eigenvalue weighted by Gasteiger charge is -2.11. The SMILES string of the molecule is COc1cc(C(=O)NCCc2nc(C(=O)O)cs2)ccc1OC(F)F. The molecule has 0 bridgehead atoms. The van der Waals surface area contributed by atoms with Crippen molar-refractivity contribution in [1.29, 1.82) is 0 Å². The molecule has 0 aliphatic rings. The molecule has 0 saturated carbocycles. The summed E-state index contributed by atoms with van der Waals surface area (Å²) in [6.45, 7) is -2.76. The first-order valence-electron chi connectivity index (χ1n) is 6.99. The van der Waals surface area contributed by atoms with E-state index in [1.165, 1.54) is 42.0 Å². The monoisotopic (exact) mass is 372 g/mol. The third-order valence-electron chi connectivity index (χ3n) is 3.04. The van der Waals surface area contributed by atoms with E-state index in [2.05, 4.69) is 15.0 Å². The summed E-state index contributed by atoms with van der Waals surface area (Å²) >= 11 is 1.19. The molecular formula is C15H14F2N2O5S. The summed E-state index contributed by atoms with van der Waals surface area (Å²) in [6, 6.07) is 3.85. The Labute approximate surface area is 145 Å². The highest BCUT2D eigenvalue weighted by Crippen LogP contribution is 2.29. The van der Waals surface area contributed by atoms with Crippen molar-refractivity contribution in [3.05, 3.63) is 39.8 Å². The molecular weight excluding hydrogens is 358 g/mol. The lowest BCUT2D eigenvalue weighted by molar-refractivity contribution is -0.0512.